The summed E-state index contributed by atoms with van der Waals surface area (Å²) in [7, 11) is 0. The van der Waals surface area contributed by atoms with Crippen LogP contribution < -0.4 is 10.9 Å². The Balaban J connectivity index is 1.50. The molecule has 0 aliphatic rings. The number of aromatic amines is 1. The quantitative estimate of drug-likeness (QED) is 0.269. The number of ketones is 1. The Morgan fingerprint density at radius 1 is 1.09 bits per heavy atom. The number of carbonyl (C=O) groups is 2. The first-order valence-corrected chi connectivity index (χ1v) is 10.9. The zero-order chi connectivity index (χ0) is 23.5. The summed E-state index contributed by atoms with van der Waals surface area (Å²) in [6, 6.07) is 16.8. The second-order valence-corrected chi connectivity index (χ2v) is 8.17. The van der Waals surface area contributed by atoms with E-state index in [4.69, 9.17) is 5.11 Å². The molecule has 1 aromatic heterocycles. The Morgan fingerprint density at radius 3 is 2.52 bits per heavy atom. The fourth-order valence-corrected chi connectivity index (χ4v) is 3.96. The third-order valence-corrected chi connectivity index (χ3v) is 5.85. The van der Waals surface area contributed by atoms with Gasteiger partial charge in [-0.2, -0.15) is 0 Å². The van der Waals surface area contributed by atoms with Crippen LogP contribution in [0, 0.1) is 12.8 Å². The van der Waals surface area contributed by atoms with Crippen LogP contribution in [-0.2, 0) is 11.3 Å². The zero-order valence-corrected chi connectivity index (χ0v) is 18.5. The first-order valence-electron chi connectivity index (χ1n) is 10.9. The fourth-order valence-electron chi connectivity index (χ4n) is 3.96. The van der Waals surface area contributed by atoms with Gasteiger partial charge in [-0.15, -0.1) is 0 Å². The zero-order valence-electron chi connectivity index (χ0n) is 18.5. The van der Waals surface area contributed by atoms with Gasteiger partial charge in [0.2, 0.25) is 0 Å². The van der Waals surface area contributed by atoms with Crippen LogP contribution in [0.4, 0.5) is 5.69 Å². The number of benzene rings is 3. The highest BCUT2D eigenvalue weighted by Gasteiger charge is 2.20. The molecule has 1 unspecified atom stereocenters. The van der Waals surface area contributed by atoms with Gasteiger partial charge in [-0.05, 0) is 66.1 Å². The maximum atomic E-state index is 12.5. The molecule has 0 radical (unpaired) electrons. The van der Waals surface area contributed by atoms with E-state index in [0.717, 1.165) is 22.0 Å². The summed E-state index contributed by atoms with van der Waals surface area (Å²) in [6.07, 6.45) is 0.417. The van der Waals surface area contributed by atoms with E-state index >= 15 is 0 Å². The molecule has 168 valence electrons. The number of aliphatic carboxylic acids is 1. The van der Waals surface area contributed by atoms with E-state index in [0.29, 0.717) is 35.3 Å². The molecule has 1 heterocycles. The number of aryl methyl sites for hydroxylation is 1. The van der Waals surface area contributed by atoms with E-state index in [-0.39, 0.29) is 17.8 Å². The van der Waals surface area contributed by atoms with Gasteiger partial charge in [0, 0.05) is 24.2 Å². The lowest BCUT2D eigenvalue weighted by molar-refractivity contribution is -0.141. The summed E-state index contributed by atoms with van der Waals surface area (Å²) in [5, 5.41) is 14.9. The first-order chi connectivity index (χ1) is 15.9. The number of carboxylic acid groups (broad SMARTS) is 1. The fraction of sp³-hybridized carbons (Fsp3) is 0.231. The Kier molecular flexibility index (Phi) is 6.22. The molecule has 0 fully saturated rings. The van der Waals surface area contributed by atoms with E-state index in [1.807, 2.05) is 42.5 Å². The minimum absolute atomic E-state index is 0.00281. The smallest absolute Gasteiger partial charge is 0.306 e. The van der Waals surface area contributed by atoms with Crippen molar-refractivity contribution in [2.24, 2.45) is 5.92 Å². The largest absolute Gasteiger partial charge is 0.481 e. The molecule has 0 amide bonds. The lowest BCUT2D eigenvalue weighted by atomic mass is 9.96. The number of nitrogens with one attached hydrogen (secondary N) is 2. The molecule has 3 N–H and O–H groups in total. The van der Waals surface area contributed by atoms with E-state index < -0.39 is 11.9 Å². The van der Waals surface area contributed by atoms with Crippen LogP contribution in [0.5, 0.6) is 0 Å². The minimum Gasteiger partial charge on any atom is -0.481 e. The average molecular weight is 444 g/mol. The highest BCUT2D eigenvalue weighted by atomic mass is 16.4. The number of carbonyl (C=O) groups excluding carboxylic acids is 1. The predicted octanol–water partition coefficient (Wildman–Crippen LogP) is 4.68. The van der Waals surface area contributed by atoms with Crippen molar-refractivity contribution in [3.63, 3.8) is 0 Å². The standard InChI is InChI=1S/C26H25N3O4/c1-3-17(26(32)33)13-23(30)19-6-9-20(10-7-19)27-14-16-4-5-18-8-11-22-24(21(18)12-16)25(31)29-15(2)28-22/h4-12,17,27H,3,13-14H2,1-2H3,(H,32,33)(H,28,29,31). The molecular weight excluding hydrogens is 418 g/mol. The summed E-state index contributed by atoms with van der Waals surface area (Å²) in [5.41, 5.74) is 2.86. The molecule has 4 aromatic rings. The van der Waals surface area contributed by atoms with Gasteiger partial charge >= 0.3 is 5.97 Å². The summed E-state index contributed by atoms with van der Waals surface area (Å²) in [6.45, 7) is 4.06. The van der Waals surface area contributed by atoms with Crippen LogP contribution in [0.3, 0.4) is 0 Å². The summed E-state index contributed by atoms with van der Waals surface area (Å²) < 4.78 is 0. The molecule has 0 aliphatic heterocycles. The predicted molar refractivity (Wildman–Crippen MR) is 129 cm³/mol. The number of nitrogens with zero attached hydrogens (tertiary/aromatic N) is 1. The molecule has 0 aliphatic carbocycles. The van der Waals surface area contributed by atoms with Crippen molar-refractivity contribution in [1.82, 2.24) is 9.97 Å². The number of Topliss-reactive ketones (excluding diaryl/α,β-unsaturated/α-hetero) is 1. The van der Waals surface area contributed by atoms with E-state index in [1.165, 1.54) is 0 Å². The van der Waals surface area contributed by atoms with Crippen molar-refractivity contribution in [3.05, 3.63) is 81.9 Å². The molecule has 33 heavy (non-hydrogen) atoms. The normalized spacial score (nSPS) is 12.1. The molecule has 7 heteroatoms. The highest BCUT2D eigenvalue weighted by Crippen LogP contribution is 2.24. The SMILES string of the molecule is CCC(CC(=O)c1ccc(NCc2ccc3ccc4nc(C)[nH]c(=O)c4c3c2)cc1)C(=O)O. The number of fused-ring (bicyclic) bond motifs is 3. The Morgan fingerprint density at radius 2 is 1.82 bits per heavy atom. The van der Waals surface area contributed by atoms with Crippen molar-refractivity contribution in [1.29, 1.82) is 0 Å². The molecule has 0 bridgehead atoms. The number of hydrogen-bond donors (Lipinski definition) is 3. The van der Waals surface area contributed by atoms with Crippen LogP contribution in [0.25, 0.3) is 21.7 Å². The van der Waals surface area contributed by atoms with Crippen LogP contribution in [0.1, 0.15) is 41.5 Å². The second kappa shape index (κ2) is 9.24. The van der Waals surface area contributed by atoms with Gasteiger partial charge in [-0.1, -0.05) is 25.1 Å². The monoisotopic (exact) mass is 443 g/mol. The molecule has 1 atom stereocenters. The third-order valence-electron chi connectivity index (χ3n) is 5.85. The van der Waals surface area contributed by atoms with Crippen molar-refractivity contribution in [3.8, 4) is 0 Å². The summed E-state index contributed by atoms with van der Waals surface area (Å²) >= 11 is 0. The van der Waals surface area contributed by atoms with Gasteiger partial charge in [0.1, 0.15) is 5.82 Å². The Labute approximate surface area is 190 Å². The number of carboxylic acids is 1. The third kappa shape index (κ3) is 4.77. The van der Waals surface area contributed by atoms with Gasteiger partial charge < -0.3 is 15.4 Å². The second-order valence-electron chi connectivity index (χ2n) is 8.17. The number of anilines is 1. The van der Waals surface area contributed by atoms with Gasteiger partial charge in [0.15, 0.2) is 5.78 Å². The molecule has 0 spiro atoms. The number of rotatable bonds is 8. The molecule has 0 saturated heterocycles. The van der Waals surface area contributed by atoms with Crippen molar-refractivity contribution < 1.29 is 14.7 Å². The minimum atomic E-state index is -0.944. The topological polar surface area (TPSA) is 112 Å². The Hall–Kier alpha value is -4.00. The van der Waals surface area contributed by atoms with E-state index in [9.17, 15) is 14.4 Å². The highest BCUT2D eigenvalue weighted by molar-refractivity contribution is 6.05. The molecule has 4 rings (SSSR count). The van der Waals surface area contributed by atoms with Crippen molar-refractivity contribution in [2.45, 2.75) is 33.2 Å². The number of hydrogen-bond acceptors (Lipinski definition) is 5. The Bertz CT molecular complexity index is 1410. The van der Waals surface area contributed by atoms with Gasteiger partial charge in [-0.3, -0.25) is 14.4 Å². The molecular formula is C26H25N3O4. The summed E-state index contributed by atoms with van der Waals surface area (Å²) in [5.74, 6) is -1.20. The van der Waals surface area contributed by atoms with Crippen LogP contribution in [0.2, 0.25) is 0 Å². The van der Waals surface area contributed by atoms with Crippen LogP contribution >= 0.6 is 0 Å². The molecule has 7 nitrogen and oxygen atoms in total. The van der Waals surface area contributed by atoms with E-state index in [2.05, 4.69) is 15.3 Å². The van der Waals surface area contributed by atoms with Gasteiger partial charge in [-0.25, -0.2) is 4.98 Å². The maximum Gasteiger partial charge on any atom is 0.306 e. The molecule has 3 aromatic carbocycles. The lowest BCUT2D eigenvalue weighted by Gasteiger charge is -2.11. The number of H-pyrrole nitrogens is 1. The van der Waals surface area contributed by atoms with Crippen LogP contribution in [-0.4, -0.2) is 26.8 Å². The van der Waals surface area contributed by atoms with Crippen molar-refractivity contribution >= 4 is 39.1 Å². The average Bonchev–Trinajstić information content (AvgIpc) is 2.80. The lowest BCUT2D eigenvalue weighted by Crippen LogP contribution is -2.17. The molecule has 0 saturated carbocycles. The van der Waals surface area contributed by atoms with Crippen LogP contribution in [0.15, 0.2) is 59.4 Å². The van der Waals surface area contributed by atoms with Gasteiger partial charge in [0.25, 0.3) is 5.56 Å². The maximum absolute atomic E-state index is 12.5. The number of aromatic nitrogens is 2. The van der Waals surface area contributed by atoms with Gasteiger partial charge in [0.05, 0.1) is 16.8 Å². The van der Waals surface area contributed by atoms with Crippen molar-refractivity contribution in [2.75, 3.05) is 5.32 Å². The summed E-state index contributed by atoms with van der Waals surface area (Å²) in [4.78, 5) is 43.3. The van der Waals surface area contributed by atoms with E-state index in [1.54, 1.807) is 26.0 Å². The first kappa shape index (κ1) is 22.2.